The van der Waals surface area contributed by atoms with Gasteiger partial charge in [0.05, 0.1) is 0 Å². The van der Waals surface area contributed by atoms with E-state index in [0.29, 0.717) is 19.0 Å². The maximum absolute atomic E-state index is 11.4. The Balaban J connectivity index is 3.78. The Hall–Kier alpha value is -0.770. The van der Waals surface area contributed by atoms with Gasteiger partial charge in [0.1, 0.15) is 0 Å². The van der Waals surface area contributed by atoms with Crippen LogP contribution in [0.5, 0.6) is 0 Å². The standard InChI is InChI=1S/C11H25N3O/c1-5-9(6-7-12)8-13-10(15)14-11(2,3)4/h9H,5-8,12H2,1-4H3,(H2,13,14,15). The molecule has 0 aliphatic rings. The predicted octanol–water partition coefficient (Wildman–Crippen LogP) is 1.46. The smallest absolute Gasteiger partial charge is 0.315 e. The topological polar surface area (TPSA) is 67.1 Å². The lowest BCUT2D eigenvalue weighted by Gasteiger charge is -2.22. The summed E-state index contributed by atoms with van der Waals surface area (Å²) in [5.41, 5.74) is 5.30. The number of urea groups is 1. The molecule has 4 nitrogen and oxygen atoms in total. The molecule has 15 heavy (non-hydrogen) atoms. The van der Waals surface area contributed by atoms with Gasteiger partial charge in [-0.1, -0.05) is 13.3 Å². The SMILES string of the molecule is CCC(CCN)CNC(=O)NC(C)(C)C. The van der Waals surface area contributed by atoms with E-state index in [4.69, 9.17) is 5.73 Å². The lowest BCUT2D eigenvalue weighted by molar-refractivity contribution is 0.229. The van der Waals surface area contributed by atoms with Crippen LogP contribution in [-0.4, -0.2) is 24.7 Å². The molecule has 90 valence electrons. The summed E-state index contributed by atoms with van der Waals surface area (Å²) in [7, 11) is 0. The first-order chi connectivity index (χ1) is 6.89. The second-order valence-electron chi connectivity index (χ2n) is 4.94. The number of carbonyl (C=O) groups is 1. The zero-order valence-corrected chi connectivity index (χ0v) is 10.4. The fourth-order valence-corrected chi connectivity index (χ4v) is 1.31. The van der Waals surface area contributed by atoms with Crippen LogP contribution in [0, 0.1) is 5.92 Å². The molecule has 0 heterocycles. The van der Waals surface area contributed by atoms with Crippen LogP contribution in [0.4, 0.5) is 4.79 Å². The Morgan fingerprint density at radius 1 is 1.40 bits per heavy atom. The lowest BCUT2D eigenvalue weighted by Crippen LogP contribution is -2.47. The van der Waals surface area contributed by atoms with E-state index in [1.807, 2.05) is 20.8 Å². The zero-order valence-electron chi connectivity index (χ0n) is 10.4. The molecule has 0 fully saturated rings. The Morgan fingerprint density at radius 2 is 2.00 bits per heavy atom. The molecule has 0 rings (SSSR count). The minimum Gasteiger partial charge on any atom is -0.338 e. The molecule has 0 saturated carbocycles. The third-order valence-electron chi connectivity index (χ3n) is 2.19. The Bertz CT molecular complexity index is 187. The van der Waals surface area contributed by atoms with Gasteiger partial charge in [-0.2, -0.15) is 0 Å². The average Bonchev–Trinajstić information content (AvgIpc) is 2.09. The van der Waals surface area contributed by atoms with Crippen molar-refractivity contribution in [2.75, 3.05) is 13.1 Å². The summed E-state index contributed by atoms with van der Waals surface area (Å²) in [4.78, 5) is 11.4. The highest BCUT2D eigenvalue weighted by Gasteiger charge is 2.14. The van der Waals surface area contributed by atoms with E-state index < -0.39 is 0 Å². The second kappa shape index (κ2) is 6.67. The Kier molecular flexibility index (Phi) is 6.32. The first kappa shape index (κ1) is 14.2. The zero-order chi connectivity index (χ0) is 11.9. The van der Waals surface area contributed by atoms with Crippen molar-refractivity contribution in [2.24, 2.45) is 11.7 Å². The van der Waals surface area contributed by atoms with Gasteiger partial charge in [0.15, 0.2) is 0 Å². The minimum atomic E-state index is -0.181. The normalized spacial score (nSPS) is 13.4. The number of nitrogens with one attached hydrogen (secondary N) is 2. The Labute approximate surface area is 93.0 Å². The summed E-state index contributed by atoms with van der Waals surface area (Å²) in [5.74, 6) is 0.487. The van der Waals surface area contributed by atoms with Crippen LogP contribution in [0.25, 0.3) is 0 Å². The van der Waals surface area contributed by atoms with E-state index in [2.05, 4.69) is 17.6 Å². The summed E-state index contributed by atoms with van der Waals surface area (Å²) in [6, 6.07) is -0.0991. The van der Waals surface area contributed by atoms with Gasteiger partial charge in [-0.3, -0.25) is 0 Å². The summed E-state index contributed by atoms with van der Waals surface area (Å²) in [6.45, 7) is 9.39. The molecule has 0 aliphatic heterocycles. The van der Waals surface area contributed by atoms with Crippen LogP contribution in [-0.2, 0) is 0 Å². The first-order valence-electron chi connectivity index (χ1n) is 5.65. The maximum Gasteiger partial charge on any atom is 0.315 e. The minimum absolute atomic E-state index is 0.0991. The van der Waals surface area contributed by atoms with Crippen LogP contribution in [0.2, 0.25) is 0 Å². The van der Waals surface area contributed by atoms with Gasteiger partial charge in [-0.15, -0.1) is 0 Å². The molecule has 0 spiro atoms. The molecule has 1 unspecified atom stereocenters. The summed E-state index contributed by atoms with van der Waals surface area (Å²) in [6.07, 6.45) is 2.01. The molecule has 4 heteroatoms. The first-order valence-corrected chi connectivity index (χ1v) is 5.65. The molecule has 1 atom stereocenters. The number of carbonyl (C=O) groups excluding carboxylic acids is 1. The molecule has 0 saturated heterocycles. The fourth-order valence-electron chi connectivity index (χ4n) is 1.31. The highest BCUT2D eigenvalue weighted by molar-refractivity contribution is 5.74. The molecule has 0 radical (unpaired) electrons. The van der Waals surface area contributed by atoms with Gasteiger partial charge < -0.3 is 16.4 Å². The highest BCUT2D eigenvalue weighted by Crippen LogP contribution is 2.05. The molecule has 2 amide bonds. The maximum atomic E-state index is 11.4. The molecule has 0 aromatic carbocycles. The van der Waals surface area contributed by atoms with Crippen molar-refractivity contribution < 1.29 is 4.79 Å². The van der Waals surface area contributed by atoms with Crippen LogP contribution in [0.1, 0.15) is 40.5 Å². The molecule has 0 aliphatic carbocycles. The number of rotatable bonds is 5. The number of amides is 2. The average molecular weight is 215 g/mol. The van der Waals surface area contributed by atoms with E-state index in [1.54, 1.807) is 0 Å². The van der Waals surface area contributed by atoms with Gasteiger partial charge in [0.25, 0.3) is 0 Å². The molecular weight excluding hydrogens is 190 g/mol. The molecule has 4 N–H and O–H groups in total. The van der Waals surface area contributed by atoms with Gasteiger partial charge in [-0.05, 0) is 39.7 Å². The third-order valence-corrected chi connectivity index (χ3v) is 2.19. The van der Waals surface area contributed by atoms with E-state index in [1.165, 1.54) is 0 Å². The van der Waals surface area contributed by atoms with Crippen molar-refractivity contribution in [3.63, 3.8) is 0 Å². The number of hydrogen-bond acceptors (Lipinski definition) is 2. The quantitative estimate of drug-likeness (QED) is 0.650. The van der Waals surface area contributed by atoms with Crippen LogP contribution < -0.4 is 16.4 Å². The largest absolute Gasteiger partial charge is 0.338 e. The second-order valence-corrected chi connectivity index (χ2v) is 4.94. The predicted molar refractivity (Wildman–Crippen MR) is 63.7 cm³/mol. The fraction of sp³-hybridized carbons (Fsp3) is 0.909. The van der Waals surface area contributed by atoms with Gasteiger partial charge in [-0.25, -0.2) is 4.79 Å². The van der Waals surface area contributed by atoms with E-state index >= 15 is 0 Å². The molecule has 0 aromatic heterocycles. The Morgan fingerprint density at radius 3 is 2.40 bits per heavy atom. The monoisotopic (exact) mass is 215 g/mol. The van der Waals surface area contributed by atoms with Gasteiger partial charge in [0, 0.05) is 12.1 Å². The summed E-state index contributed by atoms with van der Waals surface area (Å²) in [5, 5.41) is 5.73. The summed E-state index contributed by atoms with van der Waals surface area (Å²) < 4.78 is 0. The van der Waals surface area contributed by atoms with Gasteiger partial charge in [0.2, 0.25) is 0 Å². The van der Waals surface area contributed by atoms with Crippen LogP contribution in [0.3, 0.4) is 0 Å². The molecule has 0 aromatic rings. The van der Waals surface area contributed by atoms with E-state index in [9.17, 15) is 4.79 Å². The molecular formula is C11H25N3O. The van der Waals surface area contributed by atoms with Crippen molar-refractivity contribution in [3.8, 4) is 0 Å². The van der Waals surface area contributed by atoms with Gasteiger partial charge >= 0.3 is 6.03 Å². The van der Waals surface area contributed by atoms with Crippen molar-refractivity contribution in [2.45, 2.75) is 46.1 Å². The lowest BCUT2D eigenvalue weighted by atomic mass is 10.0. The van der Waals surface area contributed by atoms with Crippen LogP contribution in [0.15, 0.2) is 0 Å². The van der Waals surface area contributed by atoms with Crippen LogP contribution >= 0.6 is 0 Å². The van der Waals surface area contributed by atoms with Crippen molar-refractivity contribution >= 4 is 6.03 Å². The van der Waals surface area contributed by atoms with Crippen molar-refractivity contribution in [1.29, 1.82) is 0 Å². The molecule has 0 bridgehead atoms. The highest BCUT2D eigenvalue weighted by atomic mass is 16.2. The van der Waals surface area contributed by atoms with Crippen molar-refractivity contribution in [3.05, 3.63) is 0 Å². The summed E-state index contributed by atoms with van der Waals surface area (Å²) >= 11 is 0. The number of nitrogens with two attached hydrogens (primary N) is 1. The third kappa shape index (κ3) is 8.24. The number of hydrogen-bond donors (Lipinski definition) is 3. The van der Waals surface area contributed by atoms with E-state index in [0.717, 1.165) is 12.8 Å². The van der Waals surface area contributed by atoms with E-state index in [-0.39, 0.29) is 11.6 Å². The van der Waals surface area contributed by atoms with Crippen molar-refractivity contribution in [1.82, 2.24) is 10.6 Å².